The van der Waals surface area contributed by atoms with Crippen molar-refractivity contribution < 1.29 is 9.53 Å². The highest BCUT2D eigenvalue weighted by Gasteiger charge is 2.25. The minimum Gasteiger partial charge on any atom is -0.458 e. The molecule has 11 heavy (non-hydrogen) atoms. The highest BCUT2D eigenvalue weighted by Crippen LogP contribution is 2.21. The summed E-state index contributed by atoms with van der Waals surface area (Å²) in [5, 5.41) is 0. The molecule has 0 fully saturated rings. The van der Waals surface area contributed by atoms with Crippen LogP contribution in [0, 0.1) is 11.8 Å². The van der Waals surface area contributed by atoms with Crippen LogP contribution in [-0.4, -0.2) is 12.1 Å². The lowest BCUT2D eigenvalue weighted by atomic mass is 9.93. The van der Waals surface area contributed by atoms with Crippen LogP contribution in [0.3, 0.4) is 0 Å². The van der Waals surface area contributed by atoms with Crippen LogP contribution < -0.4 is 0 Å². The number of esters is 1. The molecule has 1 heterocycles. The van der Waals surface area contributed by atoms with Crippen molar-refractivity contribution in [1.29, 1.82) is 0 Å². The molecule has 0 spiro atoms. The number of carbonyl (C=O) groups excluding carboxylic acids is 1. The minimum absolute atomic E-state index is 0.0625. The summed E-state index contributed by atoms with van der Waals surface area (Å²) in [4.78, 5) is 10.8. The Morgan fingerprint density at radius 2 is 2.18 bits per heavy atom. The first-order valence-corrected chi connectivity index (χ1v) is 4.00. The van der Waals surface area contributed by atoms with Gasteiger partial charge in [-0.1, -0.05) is 26.8 Å². The highest BCUT2D eigenvalue weighted by atomic mass is 16.5. The predicted molar refractivity (Wildman–Crippen MR) is 43.0 cm³/mol. The maximum Gasteiger partial charge on any atom is 0.330 e. The summed E-state index contributed by atoms with van der Waals surface area (Å²) in [6.45, 7) is 6.19. The van der Waals surface area contributed by atoms with Gasteiger partial charge in [-0.2, -0.15) is 0 Å². The third-order valence-corrected chi connectivity index (χ3v) is 1.96. The molecule has 0 radical (unpaired) electrons. The van der Waals surface area contributed by atoms with Crippen LogP contribution in [0.4, 0.5) is 0 Å². The SMILES string of the molecule is CC(C)[C@@H]1OC(=O)C=C[C@@H]1C. The summed E-state index contributed by atoms with van der Waals surface area (Å²) in [5.41, 5.74) is 0. The standard InChI is InChI=1S/C9H14O2/c1-6(2)9-7(3)4-5-8(10)11-9/h4-7,9H,1-3H3/t7-,9-/m0/s1. The molecule has 0 saturated carbocycles. The number of hydrogen-bond acceptors (Lipinski definition) is 2. The average Bonchev–Trinajstić information content (AvgIpc) is 1.94. The van der Waals surface area contributed by atoms with Crippen molar-refractivity contribution in [2.75, 3.05) is 0 Å². The zero-order valence-electron chi connectivity index (χ0n) is 7.20. The van der Waals surface area contributed by atoms with E-state index in [0.717, 1.165) is 0 Å². The van der Waals surface area contributed by atoms with E-state index in [1.54, 1.807) is 0 Å². The van der Waals surface area contributed by atoms with Crippen LogP contribution >= 0.6 is 0 Å². The van der Waals surface area contributed by atoms with E-state index >= 15 is 0 Å². The van der Waals surface area contributed by atoms with Crippen LogP contribution in [-0.2, 0) is 9.53 Å². The van der Waals surface area contributed by atoms with E-state index in [1.807, 2.05) is 6.08 Å². The second kappa shape index (κ2) is 3.07. The lowest BCUT2D eigenvalue weighted by Gasteiger charge is -2.27. The first-order valence-electron chi connectivity index (χ1n) is 4.00. The molecule has 1 aliphatic rings. The molecule has 2 atom stereocenters. The van der Waals surface area contributed by atoms with E-state index in [-0.39, 0.29) is 12.1 Å². The smallest absolute Gasteiger partial charge is 0.330 e. The molecular weight excluding hydrogens is 140 g/mol. The summed E-state index contributed by atoms with van der Waals surface area (Å²) in [5.74, 6) is 0.549. The van der Waals surface area contributed by atoms with Crippen molar-refractivity contribution in [3.63, 3.8) is 0 Å². The molecule has 2 heteroatoms. The predicted octanol–water partition coefficient (Wildman–Crippen LogP) is 1.76. The molecule has 0 aliphatic carbocycles. The second-order valence-electron chi connectivity index (χ2n) is 3.36. The van der Waals surface area contributed by atoms with Gasteiger partial charge in [0.05, 0.1) is 0 Å². The fraction of sp³-hybridized carbons (Fsp3) is 0.667. The third-order valence-electron chi connectivity index (χ3n) is 1.96. The van der Waals surface area contributed by atoms with Gasteiger partial charge >= 0.3 is 5.97 Å². The average molecular weight is 154 g/mol. The van der Waals surface area contributed by atoms with Gasteiger partial charge in [0.15, 0.2) is 0 Å². The fourth-order valence-corrected chi connectivity index (χ4v) is 1.36. The Hall–Kier alpha value is -0.790. The summed E-state index contributed by atoms with van der Waals surface area (Å²) >= 11 is 0. The van der Waals surface area contributed by atoms with E-state index in [2.05, 4.69) is 20.8 Å². The highest BCUT2D eigenvalue weighted by molar-refractivity contribution is 5.82. The van der Waals surface area contributed by atoms with Crippen LogP contribution in [0.2, 0.25) is 0 Å². The second-order valence-corrected chi connectivity index (χ2v) is 3.36. The Bertz CT molecular complexity index is 182. The maximum atomic E-state index is 10.8. The van der Waals surface area contributed by atoms with Crippen LogP contribution in [0.25, 0.3) is 0 Å². The monoisotopic (exact) mass is 154 g/mol. The number of carbonyl (C=O) groups is 1. The van der Waals surface area contributed by atoms with Gasteiger partial charge in [-0.25, -0.2) is 4.79 Å². The third kappa shape index (κ3) is 1.82. The molecular formula is C9H14O2. The van der Waals surface area contributed by atoms with Gasteiger partial charge in [0.25, 0.3) is 0 Å². The van der Waals surface area contributed by atoms with Crippen molar-refractivity contribution >= 4 is 5.97 Å². The molecule has 0 N–H and O–H groups in total. The Kier molecular flexibility index (Phi) is 2.32. The summed E-state index contributed by atoms with van der Waals surface area (Å²) in [7, 11) is 0. The molecule has 0 aromatic carbocycles. The molecule has 0 aromatic heterocycles. The molecule has 1 rings (SSSR count). The molecule has 0 amide bonds. The molecule has 62 valence electrons. The Morgan fingerprint density at radius 1 is 1.55 bits per heavy atom. The van der Waals surface area contributed by atoms with E-state index < -0.39 is 0 Å². The van der Waals surface area contributed by atoms with Crippen LogP contribution in [0.5, 0.6) is 0 Å². The van der Waals surface area contributed by atoms with E-state index in [0.29, 0.717) is 11.8 Å². The number of rotatable bonds is 1. The maximum absolute atomic E-state index is 10.8. The first-order chi connectivity index (χ1) is 5.11. The number of hydrogen-bond donors (Lipinski definition) is 0. The topological polar surface area (TPSA) is 26.3 Å². The van der Waals surface area contributed by atoms with Gasteiger partial charge in [-0.15, -0.1) is 0 Å². The molecule has 2 nitrogen and oxygen atoms in total. The molecule has 0 aromatic rings. The van der Waals surface area contributed by atoms with Gasteiger partial charge in [-0.05, 0) is 5.92 Å². The number of cyclic esters (lactones) is 1. The summed E-state index contributed by atoms with van der Waals surface area (Å²) in [6.07, 6.45) is 3.48. The van der Waals surface area contributed by atoms with Crippen molar-refractivity contribution in [3.8, 4) is 0 Å². The summed E-state index contributed by atoms with van der Waals surface area (Å²) < 4.78 is 5.13. The largest absolute Gasteiger partial charge is 0.458 e. The van der Waals surface area contributed by atoms with E-state index in [1.165, 1.54) is 6.08 Å². The quantitative estimate of drug-likeness (QED) is 0.538. The lowest BCUT2D eigenvalue weighted by molar-refractivity contribution is -0.148. The fourth-order valence-electron chi connectivity index (χ4n) is 1.36. The zero-order valence-corrected chi connectivity index (χ0v) is 7.20. The Balaban J connectivity index is 2.68. The normalized spacial score (nSPS) is 30.7. The van der Waals surface area contributed by atoms with Crippen molar-refractivity contribution in [3.05, 3.63) is 12.2 Å². The first kappa shape index (κ1) is 8.31. The summed E-state index contributed by atoms with van der Waals surface area (Å²) in [6, 6.07) is 0. The Labute approximate surface area is 67.2 Å². The number of ether oxygens (including phenoxy) is 1. The van der Waals surface area contributed by atoms with Crippen LogP contribution in [0.1, 0.15) is 20.8 Å². The molecule has 0 unspecified atom stereocenters. The van der Waals surface area contributed by atoms with Gasteiger partial charge in [0, 0.05) is 12.0 Å². The van der Waals surface area contributed by atoms with Crippen molar-refractivity contribution in [2.45, 2.75) is 26.9 Å². The van der Waals surface area contributed by atoms with Gasteiger partial charge in [0.2, 0.25) is 0 Å². The van der Waals surface area contributed by atoms with Gasteiger partial charge in [-0.3, -0.25) is 0 Å². The Morgan fingerprint density at radius 3 is 2.64 bits per heavy atom. The minimum atomic E-state index is -0.207. The van der Waals surface area contributed by atoms with E-state index in [4.69, 9.17) is 4.74 Å². The van der Waals surface area contributed by atoms with Gasteiger partial charge < -0.3 is 4.74 Å². The molecule has 0 saturated heterocycles. The van der Waals surface area contributed by atoms with Crippen LogP contribution in [0.15, 0.2) is 12.2 Å². The zero-order chi connectivity index (χ0) is 8.43. The lowest BCUT2D eigenvalue weighted by Crippen LogP contribution is -2.31. The van der Waals surface area contributed by atoms with Crippen molar-refractivity contribution in [2.24, 2.45) is 11.8 Å². The van der Waals surface area contributed by atoms with E-state index in [9.17, 15) is 4.79 Å². The van der Waals surface area contributed by atoms with Crippen molar-refractivity contribution in [1.82, 2.24) is 0 Å². The van der Waals surface area contributed by atoms with Gasteiger partial charge in [0.1, 0.15) is 6.10 Å². The molecule has 0 bridgehead atoms. The molecule has 1 aliphatic heterocycles.